The van der Waals surface area contributed by atoms with Gasteiger partial charge >= 0.3 is 0 Å². The normalized spacial score (nSPS) is 16.5. The predicted molar refractivity (Wildman–Crippen MR) is 50.6 cm³/mol. The van der Waals surface area contributed by atoms with Gasteiger partial charge in [0.2, 0.25) is 5.91 Å². The second-order valence-electron chi connectivity index (χ2n) is 3.80. The van der Waals surface area contributed by atoms with Gasteiger partial charge < -0.3 is 15.8 Å². The lowest BCUT2D eigenvalue weighted by atomic mass is 10.3. The molecule has 0 radical (unpaired) electrons. The van der Waals surface area contributed by atoms with Gasteiger partial charge in [0.25, 0.3) is 5.92 Å². The maximum Gasteiger partial charge on any atom is 0.277 e. The van der Waals surface area contributed by atoms with Gasteiger partial charge in [-0.15, -0.1) is 0 Å². The van der Waals surface area contributed by atoms with E-state index in [-0.39, 0.29) is 6.61 Å². The standard InChI is InChI=1S/C9H16F2N2O2/c10-9(11,5-12)6-13-8(14)4-15-3-7-1-2-7/h7H,1-6,12H2,(H,13,14). The van der Waals surface area contributed by atoms with Crippen molar-refractivity contribution in [3.8, 4) is 0 Å². The highest BCUT2D eigenvalue weighted by Gasteiger charge is 2.27. The highest BCUT2D eigenvalue weighted by molar-refractivity contribution is 5.77. The largest absolute Gasteiger partial charge is 0.371 e. The summed E-state index contributed by atoms with van der Waals surface area (Å²) in [6.07, 6.45) is 2.26. The van der Waals surface area contributed by atoms with Gasteiger partial charge in [0.05, 0.1) is 19.7 Å². The second kappa shape index (κ2) is 5.37. The van der Waals surface area contributed by atoms with Crippen LogP contribution in [0.3, 0.4) is 0 Å². The van der Waals surface area contributed by atoms with E-state index in [9.17, 15) is 13.6 Å². The first-order chi connectivity index (χ1) is 7.03. The van der Waals surface area contributed by atoms with Gasteiger partial charge in [-0.05, 0) is 18.8 Å². The summed E-state index contributed by atoms with van der Waals surface area (Å²) in [5.74, 6) is -3.00. The lowest BCUT2D eigenvalue weighted by Gasteiger charge is -2.14. The molecule has 0 bridgehead atoms. The monoisotopic (exact) mass is 222 g/mol. The van der Waals surface area contributed by atoms with E-state index in [1.807, 2.05) is 0 Å². The first-order valence-corrected chi connectivity index (χ1v) is 4.96. The Morgan fingerprint density at radius 2 is 2.20 bits per heavy atom. The van der Waals surface area contributed by atoms with Crippen molar-refractivity contribution in [2.45, 2.75) is 18.8 Å². The number of hydrogen-bond donors (Lipinski definition) is 2. The number of alkyl halides is 2. The summed E-state index contributed by atoms with van der Waals surface area (Å²) in [6, 6.07) is 0. The Bertz CT molecular complexity index is 220. The van der Waals surface area contributed by atoms with Gasteiger partial charge in [-0.2, -0.15) is 0 Å². The number of ether oxygens (including phenoxy) is 1. The van der Waals surface area contributed by atoms with E-state index in [0.717, 1.165) is 12.8 Å². The number of nitrogens with one attached hydrogen (secondary N) is 1. The Hall–Kier alpha value is -0.750. The Morgan fingerprint density at radius 3 is 2.73 bits per heavy atom. The van der Waals surface area contributed by atoms with Gasteiger partial charge in [0.1, 0.15) is 6.61 Å². The van der Waals surface area contributed by atoms with Crippen LogP contribution in [-0.2, 0) is 9.53 Å². The topological polar surface area (TPSA) is 64.3 Å². The minimum absolute atomic E-state index is 0.156. The van der Waals surface area contributed by atoms with Crippen LogP contribution in [-0.4, -0.2) is 38.1 Å². The van der Waals surface area contributed by atoms with Gasteiger partial charge in [0.15, 0.2) is 0 Å². The van der Waals surface area contributed by atoms with Crippen LogP contribution in [0.5, 0.6) is 0 Å². The molecule has 0 unspecified atom stereocenters. The van der Waals surface area contributed by atoms with Crippen LogP contribution >= 0.6 is 0 Å². The molecule has 1 fully saturated rings. The molecule has 15 heavy (non-hydrogen) atoms. The Kier molecular flexibility index (Phi) is 4.41. The number of nitrogens with two attached hydrogens (primary N) is 1. The maximum atomic E-state index is 12.6. The molecule has 0 aromatic rings. The molecular formula is C9H16F2N2O2. The first kappa shape index (κ1) is 12.3. The summed E-state index contributed by atoms with van der Waals surface area (Å²) >= 11 is 0. The number of amides is 1. The fourth-order valence-electron chi connectivity index (χ4n) is 0.954. The molecule has 0 heterocycles. The number of rotatable bonds is 7. The van der Waals surface area contributed by atoms with Crippen LogP contribution in [0.25, 0.3) is 0 Å². The third-order valence-electron chi connectivity index (χ3n) is 2.13. The minimum atomic E-state index is -3.04. The molecule has 1 aliphatic carbocycles. The van der Waals surface area contributed by atoms with Crippen molar-refractivity contribution in [3.05, 3.63) is 0 Å². The van der Waals surface area contributed by atoms with Gasteiger partial charge in [-0.3, -0.25) is 4.79 Å². The number of carbonyl (C=O) groups excluding carboxylic acids is 1. The molecule has 0 atom stereocenters. The third-order valence-corrected chi connectivity index (χ3v) is 2.13. The van der Waals surface area contributed by atoms with Crippen molar-refractivity contribution in [2.75, 3.05) is 26.3 Å². The van der Waals surface area contributed by atoms with E-state index in [1.54, 1.807) is 0 Å². The van der Waals surface area contributed by atoms with Crippen molar-refractivity contribution in [1.29, 1.82) is 0 Å². The number of hydrogen-bond acceptors (Lipinski definition) is 3. The maximum absolute atomic E-state index is 12.6. The summed E-state index contributed by atoms with van der Waals surface area (Å²) < 4.78 is 30.2. The molecule has 1 aliphatic rings. The van der Waals surface area contributed by atoms with Crippen LogP contribution in [0.1, 0.15) is 12.8 Å². The van der Waals surface area contributed by atoms with Crippen molar-refractivity contribution in [1.82, 2.24) is 5.32 Å². The lowest BCUT2D eigenvalue weighted by Crippen LogP contribution is -2.42. The molecule has 3 N–H and O–H groups in total. The van der Waals surface area contributed by atoms with Crippen molar-refractivity contribution < 1.29 is 18.3 Å². The molecule has 6 heteroatoms. The lowest BCUT2D eigenvalue weighted by molar-refractivity contribution is -0.127. The first-order valence-electron chi connectivity index (χ1n) is 4.96. The molecule has 0 aromatic heterocycles. The van der Waals surface area contributed by atoms with Gasteiger partial charge in [-0.25, -0.2) is 8.78 Å². The number of carbonyl (C=O) groups is 1. The predicted octanol–water partition coefficient (Wildman–Crippen LogP) is 0.123. The highest BCUT2D eigenvalue weighted by atomic mass is 19.3. The molecule has 88 valence electrons. The smallest absolute Gasteiger partial charge is 0.277 e. The van der Waals surface area contributed by atoms with Gasteiger partial charge in [0, 0.05) is 0 Å². The van der Waals surface area contributed by atoms with Crippen LogP contribution in [0, 0.1) is 5.92 Å². The van der Waals surface area contributed by atoms with E-state index in [2.05, 4.69) is 5.32 Å². The van der Waals surface area contributed by atoms with E-state index in [4.69, 9.17) is 10.5 Å². The summed E-state index contributed by atoms with van der Waals surface area (Å²) in [5, 5.41) is 2.07. The molecule has 0 aromatic carbocycles. The summed E-state index contributed by atoms with van der Waals surface area (Å²) in [6.45, 7) is -1.11. The minimum Gasteiger partial charge on any atom is -0.371 e. The Balaban J connectivity index is 2.01. The van der Waals surface area contributed by atoms with Crippen molar-refractivity contribution >= 4 is 5.91 Å². The van der Waals surface area contributed by atoms with E-state index >= 15 is 0 Å². The molecule has 1 amide bonds. The van der Waals surface area contributed by atoms with E-state index in [1.165, 1.54) is 0 Å². The molecule has 4 nitrogen and oxygen atoms in total. The molecule has 0 aliphatic heterocycles. The highest BCUT2D eigenvalue weighted by Crippen LogP contribution is 2.28. The summed E-state index contributed by atoms with van der Waals surface area (Å²) in [7, 11) is 0. The molecule has 0 spiro atoms. The number of halogens is 2. The van der Waals surface area contributed by atoms with E-state index in [0.29, 0.717) is 12.5 Å². The fourth-order valence-corrected chi connectivity index (χ4v) is 0.954. The molecular weight excluding hydrogens is 206 g/mol. The average molecular weight is 222 g/mol. The van der Waals surface area contributed by atoms with Crippen molar-refractivity contribution in [2.24, 2.45) is 11.7 Å². The van der Waals surface area contributed by atoms with Crippen LogP contribution in [0.15, 0.2) is 0 Å². The molecule has 0 saturated heterocycles. The second-order valence-corrected chi connectivity index (χ2v) is 3.80. The molecule has 1 rings (SSSR count). The molecule has 1 saturated carbocycles. The van der Waals surface area contributed by atoms with Gasteiger partial charge in [-0.1, -0.05) is 0 Å². The summed E-state index contributed by atoms with van der Waals surface area (Å²) in [5.41, 5.74) is 4.81. The SMILES string of the molecule is NCC(F)(F)CNC(=O)COCC1CC1. The van der Waals surface area contributed by atoms with Crippen molar-refractivity contribution in [3.63, 3.8) is 0 Å². The third kappa shape index (κ3) is 5.64. The summed E-state index contributed by atoms with van der Waals surface area (Å²) in [4.78, 5) is 11.0. The average Bonchev–Trinajstić information content (AvgIpc) is 2.99. The van der Waals surface area contributed by atoms with Crippen LogP contribution < -0.4 is 11.1 Å². The zero-order chi connectivity index (χ0) is 11.3. The van der Waals surface area contributed by atoms with Crippen LogP contribution in [0.4, 0.5) is 8.78 Å². The van der Waals surface area contributed by atoms with E-state index < -0.39 is 24.9 Å². The Morgan fingerprint density at radius 1 is 1.53 bits per heavy atom. The zero-order valence-corrected chi connectivity index (χ0v) is 8.47. The van der Waals surface area contributed by atoms with Crippen LogP contribution in [0.2, 0.25) is 0 Å². The Labute approximate surface area is 87.1 Å². The fraction of sp³-hybridized carbons (Fsp3) is 0.889. The quantitative estimate of drug-likeness (QED) is 0.643. The zero-order valence-electron chi connectivity index (χ0n) is 8.47.